The van der Waals surface area contributed by atoms with Crippen LogP contribution in [0.25, 0.3) is 0 Å². The number of nitro benzene ring substituents is 1. The van der Waals surface area contributed by atoms with Gasteiger partial charge in [-0.05, 0) is 37.6 Å². The smallest absolute Gasteiger partial charge is 0.315 e. The van der Waals surface area contributed by atoms with Crippen molar-refractivity contribution in [2.24, 2.45) is 0 Å². The van der Waals surface area contributed by atoms with Crippen LogP contribution in [-0.2, 0) is 0 Å². The maximum Gasteiger partial charge on any atom is 0.315 e. The third kappa shape index (κ3) is 2.97. The number of aryl methyl sites for hydroxylation is 1. The van der Waals surface area contributed by atoms with E-state index in [-0.39, 0.29) is 10.6 Å². The van der Waals surface area contributed by atoms with Crippen LogP contribution in [0.5, 0.6) is 0 Å². The number of nitro groups is 1. The molecule has 2 aromatic rings. The number of benzene rings is 2. The van der Waals surface area contributed by atoms with Gasteiger partial charge in [-0.15, -0.1) is 0 Å². The van der Waals surface area contributed by atoms with Gasteiger partial charge >= 0.3 is 5.69 Å². The van der Waals surface area contributed by atoms with E-state index in [1.54, 1.807) is 12.1 Å². The predicted molar refractivity (Wildman–Crippen MR) is 86.5 cm³/mol. The maximum atomic E-state index is 11.5. The second kappa shape index (κ2) is 6.26. The van der Waals surface area contributed by atoms with Crippen molar-refractivity contribution in [3.63, 3.8) is 0 Å². The summed E-state index contributed by atoms with van der Waals surface area (Å²) in [5, 5.41) is 14.5. The summed E-state index contributed by atoms with van der Waals surface area (Å²) in [7, 11) is 1.85. The average molecular weight is 285 g/mol. The second-order valence-electron chi connectivity index (χ2n) is 4.81. The third-order valence-corrected chi connectivity index (χ3v) is 3.40. The van der Waals surface area contributed by atoms with Crippen molar-refractivity contribution in [1.29, 1.82) is 0 Å². The zero-order chi connectivity index (χ0) is 15.4. The molecule has 0 aliphatic heterocycles. The molecule has 5 heteroatoms. The number of nitrogens with one attached hydrogen (secondary N) is 1. The van der Waals surface area contributed by atoms with Gasteiger partial charge in [0.15, 0.2) is 0 Å². The van der Waals surface area contributed by atoms with Gasteiger partial charge in [0, 0.05) is 19.3 Å². The fourth-order valence-electron chi connectivity index (χ4n) is 2.40. The molecule has 0 heterocycles. The van der Waals surface area contributed by atoms with Crippen molar-refractivity contribution in [1.82, 2.24) is 0 Å². The predicted octanol–water partition coefficient (Wildman–Crippen LogP) is 4.10. The Morgan fingerprint density at radius 1 is 1.14 bits per heavy atom. The van der Waals surface area contributed by atoms with Gasteiger partial charge in [0.25, 0.3) is 0 Å². The Balaban J connectivity index is 2.55. The van der Waals surface area contributed by atoms with Crippen LogP contribution in [0.4, 0.5) is 22.7 Å². The molecule has 0 spiro atoms. The van der Waals surface area contributed by atoms with Crippen LogP contribution in [0, 0.1) is 17.0 Å². The average Bonchev–Trinajstić information content (AvgIpc) is 2.47. The molecule has 0 aliphatic rings. The van der Waals surface area contributed by atoms with Crippen LogP contribution >= 0.6 is 0 Å². The Morgan fingerprint density at radius 2 is 1.81 bits per heavy atom. The monoisotopic (exact) mass is 285 g/mol. The highest BCUT2D eigenvalue weighted by atomic mass is 16.6. The zero-order valence-corrected chi connectivity index (χ0v) is 12.5. The molecule has 0 saturated heterocycles. The van der Waals surface area contributed by atoms with E-state index >= 15 is 0 Å². The molecule has 21 heavy (non-hydrogen) atoms. The summed E-state index contributed by atoms with van der Waals surface area (Å²) in [4.78, 5) is 13.0. The Bertz CT molecular complexity index is 656. The lowest BCUT2D eigenvalue weighted by atomic mass is 10.1. The van der Waals surface area contributed by atoms with Crippen LogP contribution in [0.2, 0.25) is 0 Å². The first-order chi connectivity index (χ1) is 10.1. The lowest BCUT2D eigenvalue weighted by Gasteiger charge is -2.22. The van der Waals surface area contributed by atoms with Crippen molar-refractivity contribution in [2.75, 3.05) is 23.8 Å². The first-order valence-corrected chi connectivity index (χ1v) is 6.87. The molecule has 1 N–H and O–H groups in total. The lowest BCUT2D eigenvalue weighted by Crippen LogP contribution is -2.14. The number of hydrogen-bond acceptors (Lipinski definition) is 4. The topological polar surface area (TPSA) is 58.4 Å². The van der Waals surface area contributed by atoms with Gasteiger partial charge in [0.1, 0.15) is 11.4 Å². The fourth-order valence-corrected chi connectivity index (χ4v) is 2.40. The lowest BCUT2D eigenvalue weighted by molar-refractivity contribution is -0.383. The third-order valence-electron chi connectivity index (χ3n) is 3.40. The Morgan fingerprint density at radius 3 is 2.43 bits per heavy atom. The molecule has 5 nitrogen and oxygen atoms in total. The van der Waals surface area contributed by atoms with E-state index in [1.807, 2.05) is 56.1 Å². The molecule has 0 saturated carbocycles. The molecule has 0 aliphatic carbocycles. The molecule has 0 unspecified atom stereocenters. The highest BCUT2D eigenvalue weighted by Gasteiger charge is 2.23. The van der Waals surface area contributed by atoms with E-state index < -0.39 is 0 Å². The molecule has 0 bridgehead atoms. The van der Waals surface area contributed by atoms with Gasteiger partial charge < -0.3 is 10.2 Å². The van der Waals surface area contributed by atoms with E-state index in [9.17, 15) is 10.1 Å². The Labute approximate surface area is 124 Å². The summed E-state index contributed by atoms with van der Waals surface area (Å²) in [6.07, 6.45) is 0. The second-order valence-corrected chi connectivity index (χ2v) is 4.81. The van der Waals surface area contributed by atoms with Crippen LogP contribution in [-0.4, -0.2) is 18.5 Å². The molecule has 110 valence electrons. The first-order valence-electron chi connectivity index (χ1n) is 6.87. The maximum absolute atomic E-state index is 11.5. The molecule has 0 aromatic heterocycles. The quantitative estimate of drug-likeness (QED) is 0.663. The molecule has 0 radical (unpaired) electrons. The molecule has 2 rings (SSSR count). The van der Waals surface area contributed by atoms with Crippen LogP contribution in [0.1, 0.15) is 12.5 Å². The summed E-state index contributed by atoms with van der Waals surface area (Å²) < 4.78 is 0. The van der Waals surface area contributed by atoms with Crippen molar-refractivity contribution >= 4 is 22.7 Å². The number of anilines is 3. The molecule has 2 aromatic carbocycles. The minimum atomic E-state index is -0.331. The van der Waals surface area contributed by atoms with Crippen LogP contribution < -0.4 is 10.2 Å². The summed E-state index contributed by atoms with van der Waals surface area (Å²) in [6, 6.07) is 13.2. The van der Waals surface area contributed by atoms with Crippen molar-refractivity contribution in [3.8, 4) is 0 Å². The highest BCUT2D eigenvalue weighted by Crippen LogP contribution is 2.38. The van der Waals surface area contributed by atoms with Crippen LogP contribution in [0.15, 0.2) is 42.5 Å². The van der Waals surface area contributed by atoms with Gasteiger partial charge in [0.05, 0.1) is 4.92 Å². The minimum absolute atomic E-state index is 0.102. The minimum Gasteiger partial charge on any atom is -0.380 e. The number of hydrogen-bond donors (Lipinski definition) is 1. The SMILES string of the molecule is CCNc1cccc(N(C)c2ccccc2C)c1[N+](=O)[O-]. The van der Waals surface area contributed by atoms with Gasteiger partial charge in [0.2, 0.25) is 0 Å². The largest absolute Gasteiger partial charge is 0.380 e. The number of para-hydroxylation sites is 2. The molecule has 0 atom stereocenters. The fraction of sp³-hybridized carbons (Fsp3) is 0.250. The summed E-state index contributed by atoms with van der Waals surface area (Å²) in [5.41, 5.74) is 3.25. The van der Waals surface area contributed by atoms with E-state index in [4.69, 9.17) is 0 Å². The summed E-state index contributed by atoms with van der Waals surface area (Å²) >= 11 is 0. The standard InChI is InChI=1S/C16H19N3O2/c1-4-17-13-9-7-11-15(16(13)19(20)21)18(3)14-10-6-5-8-12(14)2/h5-11,17H,4H2,1-3H3. The molecule has 0 amide bonds. The van der Waals surface area contributed by atoms with Gasteiger partial charge in [-0.3, -0.25) is 10.1 Å². The zero-order valence-electron chi connectivity index (χ0n) is 12.5. The van der Waals surface area contributed by atoms with E-state index in [0.717, 1.165) is 11.3 Å². The molecular formula is C16H19N3O2. The van der Waals surface area contributed by atoms with Gasteiger partial charge in [-0.2, -0.15) is 0 Å². The number of nitrogens with zero attached hydrogens (tertiary/aromatic N) is 2. The highest BCUT2D eigenvalue weighted by molar-refractivity contribution is 5.81. The van der Waals surface area contributed by atoms with Crippen molar-refractivity contribution in [2.45, 2.75) is 13.8 Å². The molecular weight excluding hydrogens is 266 g/mol. The van der Waals surface area contributed by atoms with Crippen molar-refractivity contribution < 1.29 is 4.92 Å². The van der Waals surface area contributed by atoms with Gasteiger partial charge in [-0.25, -0.2) is 0 Å². The first kappa shape index (κ1) is 14.8. The Hall–Kier alpha value is -2.56. The number of rotatable bonds is 5. The van der Waals surface area contributed by atoms with Gasteiger partial charge in [-0.1, -0.05) is 24.3 Å². The van der Waals surface area contributed by atoms with Crippen molar-refractivity contribution in [3.05, 3.63) is 58.1 Å². The Kier molecular flexibility index (Phi) is 4.42. The normalized spacial score (nSPS) is 10.2. The van der Waals surface area contributed by atoms with E-state index in [0.29, 0.717) is 17.9 Å². The summed E-state index contributed by atoms with van der Waals surface area (Å²) in [6.45, 7) is 4.55. The van der Waals surface area contributed by atoms with E-state index in [1.165, 1.54) is 0 Å². The summed E-state index contributed by atoms with van der Waals surface area (Å²) in [5.74, 6) is 0. The molecule has 0 fully saturated rings. The van der Waals surface area contributed by atoms with Crippen LogP contribution in [0.3, 0.4) is 0 Å². The van der Waals surface area contributed by atoms with E-state index in [2.05, 4.69) is 5.32 Å².